The maximum Gasteiger partial charge on any atom is 0.125 e. The van der Waals surface area contributed by atoms with Gasteiger partial charge in [-0.2, -0.15) is 0 Å². The van der Waals surface area contributed by atoms with Crippen LogP contribution in [0.4, 0.5) is 0 Å². The van der Waals surface area contributed by atoms with E-state index < -0.39 is 11.7 Å². The Bertz CT molecular complexity index is 258. The van der Waals surface area contributed by atoms with E-state index in [1.807, 2.05) is 13.8 Å². The number of nitrogens with zero attached hydrogens (tertiary/aromatic N) is 1. The molecule has 4 nitrogen and oxygen atoms in total. The summed E-state index contributed by atoms with van der Waals surface area (Å²) in [5, 5.41) is 9.88. The predicted molar refractivity (Wildman–Crippen MR) is 66.7 cm³/mol. The van der Waals surface area contributed by atoms with E-state index in [0.29, 0.717) is 6.54 Å². The van der Waals surface area contributed by atoms with Crippen LogP contribution >= 0.6 is 0 Å². The summed E-state index contributed by atoms with van der Waals surface area (Å²) in [5.41, 5.74) is -0.564. The standard InChI is InChI=1S/C13H23NO3/c1-4-13(3,5-2)17-11-12(15)10-14-6-8-16-9-7-14/h1,12,15H,5-11H2,2-3H3/t12-,13-/m0/s1. The number of morpholine rings is 1. The lowest BCUT2D eigenvalue weighted by atomic mass is 10.1. The van der Waals surface area contributed by atoms with Gasteiger partial charge in [0.2, 0.25) is 0 Å². The van der Waals surface area contributed by atoms with E-state index in [0.717, 1.165) is 32.7 Å². The third-order valence-electron chi connectivity index (χ3n) is 3.15. The van der Waals surface area contributed by atoms with Gasteiger partial charge in [0.15, 0.2) is 0 Å². The van der Waals surface area contributed by atoms with Gasteiger partial charge in [-0.25, -0.2) is 0 Å². The molecule has 1 aliphatic heterocycles. The smallest absolute Gasteiger partial charge is 0.125 e. The van der Waals surface area contributed by atoms with Crippen molar-refractivity contribution < 1.29 is 14.6 Å². The minimum Gasteiger partial charge on any atom is -0.389 e. The minimum atomic E-state index is -0.564. The first-order valence-electron chi connectivity index (χ1n) is 6.19. The van der Waals surface area contributed by atoms with Crippen molar-refractivity contribution in [2.24, 2.45) is 0 Å². The number of aliphatic hydroxyl groups excluding tert-OH is 1. The fourth-order valence-corrected chi connectivity index (χ4v) is 1.66. The molecule has 1 aliphatic rings. The number of hydrogen-bond acceptors (Lipinski definition) is 4. The molecule has 1 saturated heterocycles. The molecule has 0 bridgehead atoms. The Hall–Kier alpha value is -0.600. The van der Waals surface area contributed by atoms with E-state index in [4.69, 9.17) is 15.9 Å². The molecule has 0 aliphatic carbocycles. The summed E-state index contributed by atoms with van der Waals surface area (Å²) in [4.78, 5) is 2.18. The normalized spacial score (nSPS) is 22.7. The highest BCUT2D eigenvalue weighted by Crippen LogP contribution is 2.14. The van der Waals surface area contributed by atoms with Gasteiger partial charge in [0.05, 0.1) is 25.9 Å². The molecule has 0 amide bonds. The Balaban J connectivity index is 2.24. The Morgan fingerprint density at radius 2 is 2.18 bits per heavy atom. The van der Waals surface area contributed by atoms with Crippen LogP contribution in [0, 0.1) is 12.3 Å². The van der Waals surface area contributed by atoms with Gasteiger partial charge in [0, 0.05) is 19.6 Å². The summed E-state index contributed by atoms with van der Waals surface area (Å²) in [5.74, 6) is 2.62. The number of ether oxygens (including phenoxy) is 2. The average molecular weight is 241 g/mol. The van der Waals surface area contributed by atoms with Crippen molar-refractivity contribution in [1.29, 1.82) is 0 Å². The first-order chi connectivity index (χ1) is 8.09. The lowest BCUT2D eigenvalue weighted by molar-refractivity contribution is -0.0558. The summed E-state index contributed by atoms with van der Waals surface area (Å²) >= 11 is 0. The fraction of sp³-hybridized carbons (Fsp3) is 0.846. The van der Waals surface area contributed by atoms with Gasteiger partial charge in [0.25, 0.3) is 0 Å². The van der Waals surface area contributed by atoms with E-state index >= 15 is 0 Å². The molecule has 98 valence electrons. The van der Waals surface area contributed by atoms with Crippen molar-refractivity contribution in [1.82, 2.24) is 4.90 Å². The largest absolute Gasteiger partial charge is 0.389 e. The summed E-state index contributed by atoms with van der Waals surface area (Å²) in [7, 11) is 0. The highest BCUT2D eigenvalue weighted by molar-refractivity contribution is 5.05. The highest BCUT2D eigenvalue weighted by atomic mass is 16.5. The van der Waals surface area contributed by atoms with Crippen molar-refractivity contribution in [2.45, 2.75) is 32.0 Å². The van der Waals surface area contributed by atoms with Crippen LogP contribution in [0.15, 0.2) is 0 Å². The molecule has 0 radical (unpaired) electrons. The van der Waals surface area contributed by atoms with Crippen molar-refractivity contribution >= 4 is 0 Å². The zero-order valence-electron chi connectivity index (χ0n) is 10.8. The van der Waals surface area contributed by atoms with Gasteiger partial charge in [-0.05, 0) is 13.3 Å². The number of terminal acetylenes is 1. The van der Waals surface area contributed by atoms with Crippen LogP contribution in [0.3, 0.4) is 0 Å². The van der Waals surface area contributed by atoms with Crippen LogP contribution in [-0.4, -0.2) is 61.2 Å². The third kappa shape index (κ3) is 5.05. The van der Waals surface area contributed by atoms with Crippen LogP contribution < -0.4 is 0 Å². The van der Waals surface area contributed by atoms with Crippen LogP contribution in [0.2, 0.25) is 0 Å². The average Bonchev–Trinajstić information content (AvgIpc) is 2.37. The van der Waals surface area contributed by atoms with Gasteiger partial charge < -0.3 is 14.6 Å². The molecule has 1 heterocycles. The molecular weight excluding hydrogens is 218 g/mol. The lowest BCUT2D eigenvalue weighted by Gasteiger charge is -2.30. The fourth-order valence-electron chi connectivity index (χ4n) is 1.66. The van der Waals surface area contributed by atoms with Gasteiger partial charge in [0.1, 0.15) is 5.60 Å². The maximum absolute atomic E-state index is 9.88. The molecule has 4 heteroatoms. The Labute approximate surface area is 104 Å². The first kappa shape index (κ1) is 14.5. The summed E-state index contributed by atoms with van der Waals surface area (Å²) in [6, 6.07) is 0. The van der Waals surface area contributed by atoms with Crippen molar-refractivity contribution in [3.05, 3.63) is 0 Å². The van der Waals surface area contributed by atoms with Gasteiger partial charge in [-0.1, -0.05) is 12.8 Å². The second kappa shape index (κ2) is 6.97. The molecule has 1 rings (SSSR count). The van der Waals surface area contributed by atoms with Crippen molar-refractivity contribution in [3.8, 4) is 12.3 Å². The molecule has 2 atom stereocenters. The van der Waals surface area contributed by atoms with E-state index in [2.05, 4.69) is 10.8 Å². The topological polar surface area (TPSA) is 41.9 Å². The molecule has 0 saturated carbocycles. The highest BCUT2D eigenvalue weighted by Gasteiger charge is 2.22. The van der Waals surface area contributed by atoms with Crippen molar-refractivity contribution in [2.75, 3.05) is 39.5 Å². The molecule has 1 fully saturated rings. The molecule has 0 aromatic heterocycles. The Morgan fingerprint density at radius 3 is 2.71 bits per heavy atom. The van der Waals surface area contributed by atoms with Gasteiger partial charge >= 0.3 is 0 Å². The predicted octanol–water partition coefficient (Wildman–Crippen LogP) is 0.498. The minimum absolute atomic E-state index is 0.284. The number of aliphatic hydroxyl groups is 1. The second-order valence-corrected chi connectivity index (χ2v) is 4.61. The Morgan fingerprint density at radius 1 is 1.53 bits per heavy atom. The summed E-state index contributed by atoms with van der Waals surface area (Å²) in [6.07, 6.45) is 5.66. The first-order valence-corrected chi connectivity index (χ1v) is 6.19. The van der Waals surface area contributed by atoms with E-state index in [1.54, 1.807) is 0 Å². The van der Waals surface area contributed by atoms with Gasteiger partial charge in [-0.3, -0.25) is 4.90 Å². The summed E-state index contributed by atoms with van der Waals surface area (Å²) < 4.78 is 10.8. The summed E-state index contributed by atoms with van der Waals surface area (Å²) in [6.45, 7) is 7.98. The Kier molecular flexibility index (Phi) is 5.93. The van der Waals surface area contributed by atoms with Crippen LogP contribution in [0.25, 0.3) is 0 Å². The molecular formula is C13H23NO3. The van der Waals surface area contributed by atoms with E-state index in [-0.39, 0.29) is 6.61 Å². The van der Waals surface area contributed by atoms with E-state index in [1.165, 1.54) is 0 Å². The quantitative estimate of drug-likeness (QED) is 0.688. The molecule has 17 heavy (non-hydrogen) atoms. The monoisotopic (exact) mass is 241 g/mol. The molecule has 1 N–H and O–H groups in total. The van der Waals surface area contributed by atoms with Gasteiger partial charge in [-0.15, -0.1) is 6.42 Å². The van der Waals surface area contributed by atoms with E-state index in [9.17, 15) is 5.11 Å². The number of β-amino-alcohol motifs (C(OH)–C–C–N with tert-alkyl or cyclic N) is 1. The maximum atomic E-state index is 9.88. The SMILES string of the molecule is C#C[C@@](C)(CC)OC[C@@H](O)CN1CCOCC1. The molecule has 0 spiro atoms. The lowest BCUT2D eigenvalue weighted by Crippen LogP contribution is -2.43. The zero-order chi connectivity index (χ0) is 12.7. The second-order valence-electron chi connectivity index (χ2n) is 4.61. The zero-order valence-corrected chi connectivity index (χ0v) is 10.8. The molecule has 0 unspecified atom stereocenters. The van der Waals surface area contributed by atoms with Crippen LogP contribution in [0.5, 0.6) is 0 Å². The van der Waals surface area contributed by atoms with Crippen LogP contribution in [-0.2, 0) is 9.47 Å². The van der Waals surface area contributed by atoms with Crippen LogP contribution in [0.1, 0.15) is 20.3 Å². The van der Waals surface area contributed by atoms with Crippen molar-refractivity contribution in [3.63, 3.8) is 0 Å². The molecule has 0 aromatic rings. The number of hydrogen-bond donors (Lipinski definition) is 1. The molecule has 0 aromatic carbocycles. The number of rotatable bonds is 6. The third-order valence-corrected chi connectivity index (χ3v) is 3.15.